The highest BCUT2D eigenvalue weighted by Gasteiger charge is 2.10. The van der Waals surface area contributed by atoms with Crippen LogP contribution in [0.3, 0.4) is 0 Å². The van der Waals surface area contributed by atoms with Gasteiger partial charge in [-0.3, -0.25) is 0 Å². The minimum absolute atomic E-state index is 0.259. The Hall–Kier alpha value is -1.05. The van der Waals surface area contributed by atoms with Crippen molar-refractivity contribution in [3.63, 3.8) is 0 Å². The molecule has 1 aromatic rings. The van der Waals surface area contributed by atoms with E-state index in [9.17, 15) is 4.39 Å². The summed E-state index contributed by atoms with van der Waals surface area (Å²) in [4.78, 5) is 0. The SMILES string of the molecule is COCCOCCOCCOCC(N)c1ccccc1F. The van der Waals surface area contributed by atoms with E-state index in [-0.39, 0.29) is 12.4 Å². The smallest absolute Gasteiger partial charge is 0.128 e. The van der Waals surface area contributed by atoms with Crippen LogP contribution in [0.25, 0.3) is 0 Å². The number of ether oxygens (including phenoxy) is 4. The van der Waals surface area contributed by atoms with Crippen LogP contribution < -0.4 is 5.73 Å². The summed E-state index contributed by atoms with van der Waals surface area (Å²) in [6.07, 6.45) is 0. The fraction of sp³-hybridized carbons (Fsp3) is 0.600. The van der Waals surface area contributed by atoms with Crippen LogP contribution >= 0.6 is 0 Å². The third-order valence-electron chi connectivity index (χ3n) is 2.78. The number of hydrogen-bond donors (Lipinski definition) is 1. The topological polar surface area (TPSA) is 62.9 Å². The second-order valence-corrected chi connectivity index (χ2v) is 4.42. The summed E-state index contributed by atoms with van der Waals surface area (Å²) >= 11 is 0. The van der Waals surface area contributed by atoms with Crippen molar-refractivity contribution >= 4 is 0 Å². The van der Waals surface area contributed by atoms with Crippen molar-refractivity contribution in [2.24, 2.45) is 5.73 Å². The maximum absolute atomic E-state index is 13.5. The molecule has 0 spiro atoms. The van der Waals surface area contributed by atoms with Crippen molar-refractivity contribution in [3.8, 4) is 0 Å². The van der Waals surface area contributed by atoms with Crippen molar-refractivity contribution in [1.29, 1.82) is 0 Å². The van der Waals surface area contributed by atoms with Gasteiger partial charge in [-0.1, -0.05) is 18.2 Å². The number of hydrogen-bond acceptors (Lipinski definition) is 5. The average molecular weight is 301 g/mol. The highest BCUT2D eigenvalue weighted by Crippen LogP contribution is 2.14. The summed E-state index contributed by atoms with van der Waals surface area (Å²) in [7, 11) is 1.63. The van der Waals surface area contributed by atoms with E-state index in [2.05, 4.69) is 0 Å². The predicted molar refractivity (Wildman–Crippen MR) is 77.7 cm³/mol. The van der Waals surface area contributed by atoms with Crippen LogP contribution in [0.1, 0.15) is 11.6 Å². The van der Waals surface area contributed by atoms with E-state index in [0.717, 1.165) is 0 Å². The Morgan fingerprint density at radius 1 is 0.952 bits per heavy atom. The Kier molecular flexibility index (Phi) is 9.94. The van der Waals surface area contributed by atoms with Crippen LogP contribution in [0.4, 0.5) is 4.39 Å². The van der Waals surface area contributed by atoms with Crippen LogP contribution in [0.2, 0.25) is 0 Å². The molecule has 0 aliphatic heterocycles. The van der Waals surface area contributed by atoms with Gasteiger partial charge in [-0.25, -0.2) is 4.39 Å². The van der Waals surface area contributed by atoms with Gasteiger partial charge in [-0.2, -0.15) is 0 Å². The van der Waals surface area contributed by atoms with Crippen molar-refractivity contribution < 1.29 is 23.3 Å². The van der Waals surface area contributed by atoms with E-state index >= 15 is 0 Å². The fourth-order valence-electron chi connectivity index (χ4n) is 1.66. The Morgan fingerprint density at radius 2 is 1.52 bits per heavy atom. The lowest BCUT2D eigenvalue weighted by molar-refractivity contribution is 0.00186. The molecule has 21 heavy (non-hydrogen) atoms. The minimum Gasteiger partial charge on any atom is -0.382 e. The number of rotatable bonds is 12. The summed E-state index contributed by atoms with van der Waals surface area (Å²) in [5.74, 6) is -0.307. The zero-order valence-electron chi connectivity index (χ0n) is 12.4. The molecule has 1 rings (SSSR count). The zero-order valence-corrected chi connectivity index (χ0v) is 12.4. The van der Waals surface area contributed by atoms with Gasteiger partial charge in [0.2, 0.25) is 0 Å². The molecule has 2 N–H and O–H groups in total. The maximum Gasteiger partial charge on any atom is 0.128 e. The first-order valence-electron chi connectivity index (χ1n) is 6.98. The minimum atomic E-state index is -0.469. The van der Waals surface area contributed by atoms with Crippen LogP contribution in [0.15, 0.2) is 24.3 Å². The predicted octanol–water partition coefficient (Wildman–Crippen LogP) is 1.52. The normalized spacial score (nSPS) is 12.5. The van der Waals surface area contributed by atoms with Crippen molar-refractivity contribution in [2.75, 3.05) is 53.4 Å². The summed E-state index contributed by atoms with van der Waals surface area (Å²) in [6.45, 7) is 3.31. The first kappa shape index (κ1) is 18.0. The van der Waals surface area contributed by atoms with Crippen LogP contribution in [0.5, 0.6) is 0 Å². The Morgan fingerprint density at radius 3 is 2.14 bits per heavy atom. The van der Waals surface area contributed by atoms with Crippen LogP contribution in [-0.4, -0.2) is 53.4 Å². The van der Waals surface area contributed by atoms with Gasteiger partial charge in [0.15, 0.2) is 0 Å². The molecule has 0 aliphatic carbocycles. The lowest BCUT2D eigenvalue weighted by Crippen LogP contribution is -2.20. The van der Waals surface area contributed by atoms with Gasteiger partial charge in [0.25, 0.3) is 0 Å². The third-order valence-corrected chi connectivity index (χ3v) is 2.78. The molecule has 0 radical (unpaired) electrons. The molecule has 5 nitrogen and oxygen atoms in total. The Bertz CT molecular complexity index is 378. The molecule has 1 atom stereocenters. The third kappa shape index (κ3) is 8.08. The monoisotopic (exact) mass is 301 g/mol. The summed E-state index contributed by atoms with van der Waals surface area (Å²) < 4.78 is 34.2. The first-order valence-corrected chi connectivity index (χ1v) is 6.98. The highest BCUT2D eigenvalue weighted by atomic mass is 19.1. The van der Waals surface area contributed by atoms with Crippen molar-refractivity contribution in [1.82, 2.24) is 0 Å². The largest absolute Gasteiger partial charge is 0.382 e. The molecule has 120 valence electrons. The molecule has 0 amide bonds. The average Bonchev–Trinajstić information content (AvgIpc) is 2.49. The molecule has 6 heteroatoms. The Balaban J connectivity index is 1.98. The van der Waals surface area contributed by atoms with Gasteiger partial charge in [0, 0.05) is 12.7 Å². The molecule has 0 aliphatic rings. The van der Waals surface area contributed by atoms with E-state index in [4.69, 9.17) is 24.7 Å². The van der Waals surface area contributed by atoms with Gasteiger partial charge in [0.05, 0.1) is 52.3 Å². The lowest BCUT2D eigenvalue weighted by Gasteiger charge is -2.13. The summed E-state index contributed by atoms with van der Waals surface area (Å²) in [5.41, 5.74) is 6.33. The van der Waals surface area contributed by atoms with E-state index in [0.29, 0.717) is 45.2 Å². The van der Waals surface area contributed by atoms with Gasteiger partial charge < -0.3 is 24.7 Å². The van der Waals surface area contributed by atoms with E-state index in [1.807, 2.05) is 0 Å². The molecule has 0 fully saturated rings. The van der Waals surface area contributed by atoms with Crippen molar-refractivity contribution in [3.05, 3.63) is 35.6 Å². The number of benzene rings is 1. The van der Waals surface area contributed by atoms with Gasteiger partial charge in [-0.15, -0.1) is 0 Å². The number of nitrogens with two attached hydrogens (primary N) is 1. The lowest BCUT2D eigenvalue weighted by atomic mass is 10.1. The molecule has 0 bridgehead atoms. The summed E-state index contributed by atoms with van der Waals surface area (Å²) in [5, 5.41) is 0. The zero-order chi connectivity index (χ0) is 15.3. The van der Waals surface area contributed by atoms with E-state index < -0.39 is 6.04 Å². The molecular formula is C15H24FNO4. The standard InChI is InChI=1S/C15H24FNO4/c1-18-6-7-19-8-9-20-10-11-21-12-15(17)13-4-2-3-5-14(13)16/h2-5,15H,6-12,17H2,1H3. The second kappa shape index (κ2) is 11.6. The highest BCUT2D eigenvalue weighted by molar-refractivity contribution is 5.20. The molecule has 0 heterocycles. The van der Waals surface area contributed by atoms with Crippen molar-refractivity contribution in [2.45, 2.75) is 6.04 Å². The first-order chi connectivity index (χ1) is 10.3. The molecule has 0 aromatic heterocycles. The molecular weight excluding hydrogens is 277 g/mol. The second-order valence-electron chi connectivity index (χ2n) is 4.42. The van der Waals surface area contributed by atoms with Crippen LogP contribution in [0, 0.1) is 5.82 Å². The summed E-state index contributed by atoms with van der Waals surface area (Å²) in [6, 6.07) is 5.97. The quantitative estimate of drug-likeness (QED) is 0.593. The number of halogens is 1. The fourth-order valence-corrected chi connectivity index (χ4v) is 1.66. The van der Waals surface area contributed by atoms with E-state index in [1.165, 1.54) is 6.07 Å². The van der Waals surface area contributed by atoms with E-state index in [1.54, 1.807) is 25.3 Å². The maximum atomic E-state index is 13.5. The molecule has 0 saturated carbocycles. The molecule has 0 saturated heterocycles. The van der Waals surface area contributed by atoms with Gasteiger partial charge >= 0.3 is 0 Å². The molecule has 1 unspecified atom stereocenters. The number of methoxy groups -OCH3 is 1. The molecule has 1 aromatic carbocycles. The van der Waals surface area contributed by atoms with Gasteiger partial charge in [0.1, 0.15) is 5.82 Å². The Labute approximate surface area is 125 Å². The van der Waals surface area contributed by atoms with Crippen LogP contribution in [-0.2, 0) is 18.9 Å². The van der Waals surface area contributed by atoms with Gasteiger partial charge in [-0.05, 0) is 6.07 Å².